The number of aromatic nitrogens is 1. The number of piperidine rings is 1. The zero-order chi connectivity index (χ0) is 22.1. The number of pyridine rings is 1. The minimum Gasteiger partial charge on any atom is -0.462 e. The maximum absolute atomic E-state index is 13.3. The van der Waals surface area contributed by atoms with Crippen molar-refractivity contribution in [1.29, 1.82) is 0 Å². The van der Waals surface area contributed by atoms with Gasteiger partial charge in [-0.15, -0.1) is 0 Å². The molecule has 2 aromatic carbocycles. The molecule has 32 heavy (non-hydrogen) atoms. The first kappa shape index (κ1) is 20.5. The molecule has 2 aliphatic rings. The molecule has 164 valence electrons. The topological polar surface area (TPSA) is 62.7 Å². The number of para-hydroxylation sites is 2. The summed E-state index contributed by atoms with van der Waals surface area (Å²) in [5.41, 5.74) is 4.52. The predicted molar refractivity (Wildman–Crippen MR) is 125 cm³/mol. The third-order valence-corrected chi connectivity index (χ3v) is 6.56. The number of carbonyl (C=O) groups is 2. The summed E-state index contributed by atoms with van der Waals surface area (Å²) in [5.74, 6) is -0.135. The highest BCUT2D eigenvalue weighted by molar-refractivity contribution is 6.05. The number of fused-ring (bicyclic) bond motifs is 2. The van der Waals surface area contributed by atoms with Crippen molar-refractivity contribution in [2.24, 2.45) is 5.92 Å². The van der Waals surface area contributed by atoms with E-state index in [1.807, 2.05) is 47.4 Å². The highest BCUT2D eigenvalue weighted by Gasteiger charge is 2.33. The van der Waals surface area contributed by atoms with Gasteiger partial charge in [0, 0.05) is 42.8 Å². The Bertz CT molecular complexity index is 1170. The van der Waals surface area contributed by atoms with Crippen molar-refractivity contribution < 1.29 is 14.3 Å². The van der Waals surface area contributed by atoms with Gasteiger partial charge in [-0.3, -0.25) is 9.78 Å². The van der Waals surface area contributed by atoms with Crippen molar-refractivity contribution >= 4 is 34.2 Å². The van der Waals surface area contributed by atoms with Gasteiger partial charge in [0.05, 0.1) is 17.8 Å². The van der Waals surface area contributed by atoms with Gasteiger partial charge in [0.25, 0.3) is 0 Å². The minimum atomic E-state index is -0.354. The second kappa shape index (κ2) is 8.61. The summed E-state index contributed by atoms with van der Waals surface area (Å²) in [6.45, 7) is 4.32. The van der Waals surface area contributed by atoms with Gasteiger partial charge in [-0.05, 0) is 43.9 Å². The number of hydrogen-bond donors (Lipinski definition) is 0. The maximum atomic E-state index is 13.3. The lowest BCUT2D eigenvalue weighted by molar-refractivity contribution is -0.122. The first-order chi connectivity index (χ1) is 15.7. The molecular formula is C26H27N3O3. The number of esters is 1. The van der Waals surface area contributed by atoms with Crippen LogP contribution >= 0.6 is 0 Å². The first-order valence-electron chi connectivity index (χ1n) is 11.4. The third-order valence-electron chi connectivity index (χ3n) is 6.56. The van der Waals surface area contributed by atoms with Crippen LogP contribution < -0.4 is 9.80 Å². The van der Waals surface area contributed by atoms with Crippen LogP contribution in [0.25, 0.3) is 10.9 Å². The molecule has 3 heterocycles. The second-order valence-corrected chi connectivity index (χ2v) is 8.39. The van der Waals surface area contributed by atoms with Crippen LogP contribution in [0.15, 0.2) is 54.7 Å². The summed E-state index contributed by atoms with van der Waals surface area (Å²) in [6, 6.07) is 16.0. The van der Waals surface area contributed by atoms with Crippen molar-refractivity contribution in [3.8, 4) is 0 Å². The zero-order valence-electron chi connectivity index (χ0n) is 18.3. The first-order valence-corrected chi connectivity index (χ1v) is 11.4. The van der Waals surface area contributed by atoms with Crippen LogP contribution in [0.2, 0.25) is 0 Å². The average Bonchev–Trinajstić information content (AvgIpc) is 3.27. The van der Waals surface area contributed by atoms with Crippen LogP contribution in [0, 0.1) is 5.92 Å². The molecule has 1 fully saturated rings. The summed E-state index contributed by atoms with van der Waals surface area (Å²) in [7, 11) is 0. The third kappa shape index (κ3) is 3.60. The number of carbonyl (C=O) groups excluding carboxylic acids is 2. The van der Waals surface area contributed by atoms with Gasteiger partial charge in [-0.25, -0.2) is 4.79 Å². The Kier molecular flexibility index (Phi) is 5.52. The van der Waals surface area contributed by atoms with Crippen LogP contribution in [-0.4, -0.2) is 43.1 Å². The lowest BCUT2D eigenvalue weighted by Crippen LogP contribution is -2.42. The average molecular weight is 430 g/mol. The summed E-state index contributed by atoms with van der Waals surface area (Å²) in [4.78, 5) is 34.6. The monoisotopic (exact) mass is 429 g/mol. The van der Waals surface area contributed by atoms with Crippen LogP contribution in [0.1, 0.15) is 35.7 Å². The van der Waals surface area contributed by atoms with Gasteiger partial charge in [0.15, 0.2) is 0 Å². The van der Waals surface area contributed by atoms with Crippen molar-refractivity contribution in [1.82, 2.24) is 4.98 Å². The molecule has 6 heteroatoms. The van der Waals surface area contributed by atoms with Crippen molar-refractivity contribution in [2.75, 3.05) is 36.0 Å². The fraction of sp³-hybridized carbons (Fsp3) is 0.346. The molecule has 1 amide bonds. The van der Waals surface area contributed by atoms with Crippen molar-refractivity contribution in [2.45, 2.75) is 26.2 Å². The Morgan fingerprint density at radius 1 is 1.03 bits per heavy atom. The quantitative estimate of drug-likeness (QED) is 0.581. The molecule has 3 aromatic rings. The van der Waals surface area contributed by atoms with E-state index in [1.54, 1.807) is 13.1 Å². The highest BCUT2D eigenvalue weighted by atomic mass is 16.5. The van der Waals surface area contributed by atoms with Crippen molar-refractivity contribution in [3.63, 3.8) is 0 Å². The number of hydrogen-bond acceptors (Lipinski definition) is 5. The minimum absolute atomic E-state index is 0.00319. The van der Waals surface area contributed by atoms with Crippen LogP contribution in [0.3, 0.4) is 0 Å². The molecule has 0 N–H and O–H groups in total. The Morgan fingerprint density at radius 2 is 1.78 bits per heavy atom. The molecule has 5 rings (SSSR count). The van der Waals surface area contributed by atoms with Gasteiger partial charge >= 0.3 is 5.97 Å². The molecule has 2 aliphatic heterocycles. The summed E-state index contributed by atoms with van der Waals surface area (Å²) in [5, 5.41) is 0.941. The number of amides is 1. The summed E-state index contributed by atoms with van der Waals surface area (Å²) >= 11 is 0. The molecule has 1 aromatic heterocycles. The lowest BCUT2D eigenvalue weighted by Gasteiger charge is -2.35. The number of anilines is 2. The number of nitrogens with zero attached hydrogens (tertiary/aromatic N) is 3. The normalized spacial score (nSPS) is 16.3. The van der Waals surface area contributed by atoms with Crippen molar-refractivity contribution in [3.05, 3.63) is 65.9 Å². The van der Waals surface area contributed by atoms with E-state index in [1.165, 1.54) is 5.56 Å². The molecule has 0 saturated carbocycles. The van der Waals surface area contributed by atoms with E-state index in [9.17, 15) is 9.59 Å². The largest absolute Gasteiger partial charge is 0.462 e. The Balaban J connectivity index is 1.38. The SMILES string of the molecule is CCOC(=O)c1cnc2ccccc2c1N1CCC(C(=O)N2CCc3ccccc32)CC1. The molecule has 0 atom stereocenters. The van der Waals surface area contributed by atoms with Crippen LogP contribution in [0.4, 0.5) is 11.4 Å². The highest BCUT2D eigenvalue weighted by Crippen LogP contribution is 2.35. The van der Waals surface area contributed by atoms with Gasteiger partial charge in [0.2, 0.25) is 5.91 Å². The maximum Gasteiger partial charge on any atom is 0.341 e. The van der Waals surface area contributed by atoms with E-state index < -0.39 is 0 Å². The smallest absolute Gasteiger partial charge is 0.341 e. The number of benzene rings is 2. The van der Waals surface area contributed by atoms with Gasteiger partial charge < -0.3 is 14.5 Å². The Labute approximate surface area is 187 Å². The summed E-state index contributed by atoms with van der Waals surface area (Å²) < 4.78 is 5.30. The van der Waals surface area contributed by atoms with E-state index in [2.05, 4.69) is 16.0 Å². The molecule has 0 bridgehead atoms. The fourth-order valence-corrected chi connectivity index (χ4v) is 4.96. The predicted octanol–water partition coefficient (Wildman–Crippen LogP) is 4.22. The fourth-order valence-electron chi connectivity index (χ4n) is 4.96. The Morgan fingerprint density at radius 3 is 2.59 bits per heavy atom. The van der Waals surface area contributed by atoms with Gasteiger partial charge in [-0.1, -0.05) is 36.4 Å². The van der Waals surface area contributed by atoms with E-state index in [-0.39, 0.29) is 17.8 Å². The Hall–Kier alpha value is -3.41. The molecule has 1 saturated heterocycles. The lowest BCUT2D eigenvalue weighted by atomic mass is 9.94. The van der Waals surface area contributed by atoms with Gasteiger partial charge in [-0.2, -0.15) is 0 Å². The second-order valence-electron chi connectivity index (χ2n) is 8.39. The molecule has 6 nitrogen and oxygen atoms in total. The molecule has 0 unspecified atom stereocenters. The standard InChI is InChI=1S/C26H27N3O3/c1-2-32-26(31)21-17-27-22-9-5-4-8-20(22)24(21)28-14-11-19(12-15-28)25(30)29-16-13-18-7-3-6-10-23(18)29/h3-10,17,19H,2,11-16H2,1H3. The van der Waals surface area contributed by atoms with E-state index >= 15 is 0 Å². The molecule has 0 aliphatic carbocycles. The van der Waals surface area contributed by atoms with E-state index in [0.29, 0.717) is 25.3 Å². The number of ether oxygens (including phenoxy) is 1. The van der Waals surface area contributed by atoms with Crippen LogP contribution in [-0.2, 0) is 16.0 Å². The molecular weight excluding hydrogens is 402 g/mol. The number of rotatable bonds is 4. The van der Waals surface area contributed by atoms with E-state index in [0.717, 1.165) is 48.1 Å². The zero-order valence-corrected chi connectivity index (χ0v) is 18.3. The van der Waals surface area contributed by atoms with E-state index in [4.69, 9.17) is 4.74 Å². The van der Waals surface area contributed by atoms with Gasteiger partial charge in [0.1, 0.15) is 5.56 Å². The summed E-state index contributed by atoms with van der Waals surface area (Å²) in [6.07, 6.45) is 4.06. The molecule has 0 spiro atoms. The molecule has 0 radical (unpaired) electrons. The van der Waals surface area contributed by atoms with Crippen LogP contribution in [0.5, 0.6) is 0 Å².